The summed E-state index contributed by atoms with van der Waals surface area (Å²) in [6.07, 6.45) is 0.711. The Balaban J connectivity index is 2.70. The first-order valence-electron chi connectivity index (χ1n) is 4.08. The Kier molecular flexibility index (Phi) is 3.75. The molecule has 0 amide bonds. The molecule has 0 saturated carbocycles. The van der Waals surface area contributed by atoms with Crippen molar-refractivity contribution in [3.05, 3.63) is 20.8 Å². The number of aliphatic hydroxyl groups is 1. The van der Waals surface area contributed by atoms with Crippen molar-refractivity contribution in [3.63, 3.8) is 0 Å². The number of aliphatic hydroxyl groups excluding tert-OH is 1. The maximum absolute atomic E-state index is 9.79. The minimum Gasteiger partial charge on any atom is -0.387 e. The van der Waals surface area contributed by atoms with E-state index in [2.05, 4.69) is 29.8 Å². The third-order valence-electron chi connectivity index (χ3n) is 2.07. The first kappa shape index (κ1) is 10.2. The smallest absolute Gasteiger partial charge is 0.0907 e. The van der Waals surface area contributed by atoms with Crippen molar-refractivity contribution in [2.24, 2.45) is 5.92 Å². The molecule has 1 N–H and O–H groups in total. The molecule has 1 aromatic rings. The SMILES string of the molecule is CCC(C)C(O)c1ccc(Br)s1. The van der Waals surface area contributed by atoms with Gasteiger partial charge in [0.1, 0.15) is 0 Å². The molecule has 0 radical (unpaired) electrons. The van der Waals surface area contributed by atoms with Crippen LogP contribution in [0.4, 0.5) is 0 Å². The summed E-state index contributed by atoms with van der Waals surface area (Å²) in [7, 11) is 0. The summed E-state index contributed by atoms with van der Waals surface area (Å²) < 4.78 is 1.08. The van der Waals surface area contributed by atoms with Crippen molar-refractivity contribution in [1.82, 2.24) is 0 Å². The van der Waals surface area contributed by atoms with Crippen LogP contribution in [-0.4, -0.2) is 5.11 Å². The van der Waals surface area contributed by atoms with Crippen molar-refractivity contribution in [2.45, 2.75) is 26.4 Å². The summed E-state index contributed by atoms with van der Waals surface area (Å²) in [6, 6.07) is 3.96. The lowest BCUT2D eigenvalue weighted by molar-refractivity contribution is 0.119. The zero-order valence-electron chi connectivity index (χ0n) is 7.25. The van der Waals surface area contributed by atoms with Crippen molar-refractivity contribution in [2.75, 3.05) is 0 Å². The Morgan fingerprint density at radius 1 is 1.58 bits per heavy atom. The van der Waals surface area contributed by atoms with Crippen LogP contribution in [0.25, 0.3) is 0 Å². The molecular weight excluding hydrogens is 236 g/mol. The highest BCUT2D eigenvalue weighted by molar-refractivity contribution is 9.11. The fraction of sp³-hybridized carbons (Fsp3) is 0.556. The van der Waals surface area contributed by atoms with Gasteiger partial charge in [-0.2, -0.15) is 0 Å². The molecule has 12 heavy (non-hydrogen) atoms. The van der Waals surface area contributed by atoms with E-state index in [1.54, 1.807) is 11.3 Å². The van der Waals surface area contributed by atoms with Gasteiger partial charge in [-0.3, -0.25) is 0 Å². The van der Waals surface area contributed by atoms with Crippen LogP contribution in [0.3, 0.4) is 0 Å². The van der Waals surface area contributed by atoms with Gasteiger partial charge in [0.25, 0.3) is 0 Å². The Bertz CT molecular complexity index is 246. The predicted molar refractivity (Wildman–Crippen MR) is 56.4 cm³/mol. The summed E-state index contributed by atoms with van der Waals surface area (Å²) in [5, 5.41) is 9.79. The van der Waals surface area contributed by atoms with Crippen LogP contribution in [0.1, 0.15) is 31.2 Å². The molecule has 0 spiro atoms. The minimum absolute atomic E-state index is 0.300. The molecule has 0 aliphatic heterocycles. The lowest BCUT2D eigenvalue weighted by Gasteiger charge is -2.14. The standard InChI is InChI=1S/C9H13BrOS/c1-3-6(2)9(11)7-4-5-8(10)12-7/h4-6,9,11H,3H2,1-2H3. The molecule has 1 nitrogen and oxygen atoms in total. The molecule has 0 bridgehead atoms. The van der Waals surface area contributed by atoms with E-state index in [-0.39, 0.29) is 6.10 Å². The molecule has 3 heteroatoms. The molecule has 0 saturated heterocycles. The van der Waals surface area contributed by atoms with E-state index < -0.39 is 0 Å². The van der Waals surface area contributed by atoms with E-state index in [0.29, 0.717) is 5.92 Å². The summed E-state index contributed by atoms with van der Waals surface area (Å²) in [6.45, 7) is 4.16. The van der Waals surface area contributed by atoms with Gasteiger partial charge < -0.3 is 5.11 Å². The van der Waals surface area contributed by atoms with Gasteiger partial charge >= 0.3 is 0 Å². The maximum atomic E-state index is 9.79. The quantitative estimate of drug-likeness (QED) is 0.867. The van der Waals surface area contributed by atoms with Crippen LogP contribution in [0.5, 0.6) is 0 Å². The van der Waals surface area contributed by atoms with Gasteiger partial charge in [0.05, 0.1) is 9.89 Å². The highest BCUT2D eigenvalue weighted by Crippen LogP contribution is 2.32. The van der Waals surface area contributed by atoms with Gasteiger partial charge in [0.15, 0.2) is 0 Å². The van der Waals surface area contributed by atoms with Crippen molar-refractivity contribution < 1.29 is 5.11 Å². The van der Waals surface area contributed by atoms with E-state index in [1.165, 1.54) is 0 Å². The van der Waals surface area contributed by atoms with Gasteiger partial charge in [-0.25, -0.2) is 0 Å². The number of thiophene rings is 1. The monoisotopic (exact) mass is 248 g/mol. The highest BCUT2D eigenvalue weighted by Gasteiger charge is 2.15. The number of halogens is 1. The second kappa shape index (κ2) is 4.40. The van der Waals surface area contributed by atoms with Gasteiger partial charge in [0.2, 0.25) is 0 Å². The topological polar surface area (TPSA) is 20.2 Å². The zero-order valence-corrected chi connectivity index (χ0v) is 9.65. The average molecular weight is 249 g/mol. The highest BCUT2D eigenvalue weighted by atomic mass is 79.9. The molecule has 68 valence electrons. The summed E-state index contributed by atoms with van der Waals surface area (Å²) >= 11 is 4.99. The normalized spacial score (nSPS) is 16.0. The fourth-order valence-corrected chi connectivity index (χ4v) is 2.53. The number of hydrogen-bond donors (Lipinski definition) is 1. The van der Waals surface area contributed by atoms with E-state index in [0.717, 1.165) is 15.1 Å². The van der Waals surface area contributed by atoms with Crippen molar-refractivity contribution >= 4 is 27.3 Å². The fourth-order valence-electron chi connectivity index (χ4n) is 0.991. The largest absolute Gasteiger partial charge is 0.387 e. The molecule has 1 heterocycles. The molecule has 0 fully saturated rings. The number of hydrogen-bond acceptors (Lipinski definition) is 2. The zero-order chi connectivity index (χ0) is 9.14. The first-order valence-corrected chi connectivity index (χ1v) is 5.69. The van der Waals surface area contributed by atoms with Crippen LogP contribution in [0.15, 0.2) is 15.9 Å². The minimum atomic E-state index is -0.300. The van der Waals surface area contributed by atoms with Gasteiger partial charge in [-0.05, 0) is 34.0 Å². The van der Waals surface area contributed by atoms with Gasteiger partial charge in [0, 0.05) is 4.88 Å². The predicted octanol–water partition coefficient (Wildman–Crippen LogP) is 3.59. The van der Waals surface area contributed by atoms with Crippen LogP contribution >= 0.6 is 27.3 Å². The summed E-state index contributed by atoms with van der Waals surface area (Å²) in [5.74, 6) is 0.343. The molecule has 0 aliphatic rings. The Hall–Kier alpha value is 0.140. The van der Waals surface area contributed by atoms with E-state index in [4.69, 9.17) is 0 Å². The first-order chi connectivity index (χ1) is 5.65. The average Bonchev–Trinajstić information content (AvgIpc) is 2.49. The lowest BCUT2D eigenvalue weighted by atomic mass is 10.0. The Morgan fingerprint density at radius 2 is 2.25 bits per heavy atom. The second-order valence-electron chi connectivity index (χ2n) is 2.97. The van der Waals surface area contributed by atoms with Crippen LogP contribution in [0.2, 0.25) is 0 Å². The molecule has 2 atom stereocenters. The van der Waals surface area contributed by atoms with E-state index >= 15 is 0 Å². The third kappa shape index (κ3) is 2.31. The molecule has 0 aromatic carbocycles. The Labute approximate surface area is 85.6 Å². The second-order valence-corrected chi connectivity index (χ2v) is 5.47. The van der Waals surface area contributed by atoms with Crippen molar-refractivity contribution in [3.8, 4) is 0 Å². The Morgan fingerprint density at radius 3 is 2.67 bits per heavy atom. The van der Waals surface area contributed by atoms with Crippen LogP contribution in [0, 0.1) is 5.92 Å². The van der Waals surface area contributed by atoms with Gasteiger partial charge in [-0.1, -0.05) is 20.3 Å². The van der Waals surface area contributed by atoms with E-state index in [9.17, 15) is 5.11 Å². The van der Waals surface area contributed by atoms with Crippen molar-refractivity contribution in [1.29, 1.82) is 0 Å². The van der Waals surface area contributed by atoms with Gasteiger partial charge in [-0.15, -0.1) is 11.3 Å². The summed E-state index contributed by atoms with van der Waals surface area (Å²) in [4.78, 5) is 1.05. The number of rotatable bonds is 3. The molecular formula is C9H13BrOS. The third-order valence-corrected chi connectivity index (χ3v) is 3.76. The van der Waals surface area contributed by atoms with E-state index in [1.807, 2.05) is 12.1 Å². The molecule has 1 aromatic heterocycles. The maximum Gasteiger partial charge on any atom is 0.0907 e. The molecule has 0 aliphatic carbocycles. The molecule has 1 rings (SSSR count). The lowest BCUT2D eigenvalue weighted by Crippen LogP contribution is -2.05. The van der Waals surface area contributed by atoms with Crippen LogP contribution < -0.4 is 0 Å². The van der Waals surface area contributed by atoms with Crippen LogP contribution in [-0.2, 0) is 0 Å². The molecule has 2 unspecified atom stereocenters. The summed E-state index contributed by atoms with van der Waals surface area (Å²) in [5.41, 5.74) is 0.